The number of fused-ring (bicyclic) bond motifs is 7. The average molecular weight is 652 g/mol. The molecular formula is C42H25N3OS2. The summed E-state index contributed by atoms with van der Waals surface area (Å²) in [6.07, 6.45) is 0. The third kappa shape index (κ3) is 4.49. The van der Waals surface area contributed by atoms with Crippen LogP contribution in [0.4, 0.5) is 17.1 Å². The molecule has 0 fully saturated rings. The van der Waals surface area contributed by atoms with Crippen molar-refractivity contribution in [1.82, 2.24) is 9.97 Å². The molecule has 0 unspecified atom stereocenters. The van der Waals surface area contributed by atoms with Gasteiger partial charge in [-0.25, -0.2) is 9.97 Å². The first-order chi connectivity index (χ1) is 23.7. The SMILES string of the molecule is c1cc(-c2nc3ccccc3s2)cc(N(c2ccc(-c3nc4ccccc4o3)cc2)c2ccc3c(c2)sc2ccc4ccccc4c23)c1. The molecule has 0 bridgehead atoms. The van der Waals surface area contributed by atoms with Crippen molar-refractivity contribution in [3.8, 4) is 22.0 Å². The van der Waals surface area contributed by atoms with Crippen LogP contribution >= 0.6 is 22.7 Å². The Morgan fingerprint density at radius 3 is 2.17 bits per heavy atom. The molecular weight excluding hydrogens is 627 g/mol. The molecule has 10 aromatic rings. The van der Waals surface area contributed by atoms with Crippen LogP contribution in [0.25, 0.3) is 74.3 Å². The van der Waals surface area contributed by atoms with Gasteiger partial charge in [-0.2, -0.15) is 0 Å². The van der Waals surface area contributed by atoms with E-state index in [1.54, 1.807) is 11.3 Å². The maximum absolute atomic E-state index is 6.09. The number of hydrogen-bond donors (Lipinski definition) is 0. The molecule has 6 heteroatoms. The summed E-state index contributed by atoms with van der Waals surface area (Å²) in [6, 6.07) is 53.4. The van der Waals surface area contributed by atoms with Crippen LogP contribution in [0.15, 0.2) is 156 Å². The molecule has 10 rings (SSSR count). The molecule has 3 heterocycles. The third-order valence-electron chi connectivity index (χ3n) is 8.91. The van der Waals surface area contributed by atoms with Crippen LogP contribution in [0.2, 0.25) is 0 Å². The first-order valence-corrected chi connectivity index (χ1v) is 17.4. The summed E-state index contributed by atoms with van der Waals surface area (Å²) in [7, 11) is 0. The van der Waals surface area contributed by atoms with Gasteiger partial charge in [0.1, 0.15) is 10.5 Å². The number of anilines is 3. The van der Waals surface area contributed by atoms with Crippen LogP contribution in [0.1, 0.15) is 0 Å². The van der Waals surface area contributed by atoms with E-state index in [4.69, 9.17) is 14.4 Å². The minimum Gasteiger partial charge on any atom is -0.436 e. The number of nitrogens with zero attached hydrogens (tertiary/aromatic N) is 3. The molecule has 7 aromatic carbocycles. The van der Waals surface area contributed by atoms with Gasteiger partial charge in [0, 0.05) is 48.4 Å². The summed E-state index contributed by atoms with van der Waals surface area (Å²) in [5.74, 6) is 0.617. The Hall–Kier alpha value is -5.82. The van der Waals surface area contributed by atoms with Crippen molar-refractivity contribution in [2.45, 2.75) is 0 Å². The zero-order valence-corrected chi connectivity index (χ0v) is 27.1. The van der Waals surface area contributed by atoms with E-state index in [-0.39, 0.29) is 0 Å². The van der Waals surface area contributed by atoms with Crippen molar-refractivity contribution in [2.24, 2.45) is 0 Å². The molecule has 0 aliphatic heterocycles. The number of thiazole rings is 1. The van der Waals surface area contributed by atoms with Crippen LogP contribution < -0.4 is 4.90 Å². The van der Waals surface area contributed by atoms with Gasteiger partial charge in [-0.05, 0) is 89.6 Å². The van der Waals surface area contributed by atoms with Gasteiger partial charge in [0.15, 0.2) is 5.58 Å². The third-order valence-corrected chi connectivity index (χ3v) is 11.1. The normalized spacial score (nSPS) is 11.8. The Balaban J connectivity index is 1.12. The molecule has 0 radical (unpaired) electrons. The second-order valence-corrected chi connectivity index (χ2v) is 14.0. The minimum absolute atomic E-state index is 0.617. The largest absolute Gasteiger partial charge is 0.436 e. The molecule has 4 nitrogen and oxygen atoms in total. The van der Waals surface area contributed by atoms with Crippen molar-refractivity contribution >= 4 is 92.0 Å². The highest BCUT2D eigenvalue weighted by atomic mass is 32.1. The topological polar surface area (TPSA) is 42.2 Å². The number of rotatable bonds is 5. The number of aromatic nitrogens is 2. The standard InChI is InChI=1S/C42H25N3OS2/c1-2-11-32-26(8-1)18-23-38-40(32)33-22-21-31(25-39(33)47-38)45(29-19-16-27(17-20-29)41-43-34-12-3-5-14-36(34)46-41)30-10-7-9-28(24-30)42-44-35-13-4-6-15-37(35)48-42/h1-25H. The second-order valence-electron chi connectivity index (χ2n) is 11.8. The van der Waals surface area contributed by atoms with E-state index in [2.05, 4.69) is 126 Å². The van der Waals surface area contributed by atoms with E-state index >= 15 is 0 Å². The lowest BCUT2D eigenvalue weighted by molar-refractivity contribution is 0.620. The highest BCUT2D eigenvalue weighted by Gasteiger charge is 2.18. The summed E-state index contributed by atoms with van der Waals surface area (Å²) >= 11 is 3.57. The van der Waals surface area contributed by atoms with Crippen molar-refractivity contribution in [2.75, 3.05) is 4.90 Å². The number of thiophene rings is 1. The average Bonchev–Trinajstić information content (AvgIpc) is 3.87. The molecule has 48 heavy (non-hydrogen) atoms. The maximum Gasteiger partial charge on any atom is 0.227 e. The monoisotopic (exact) mass is 651 g/mol. The molecule has 0 atom stereocenters. The zero-order chi connectivity index (χ0) is 31.6. The van der Waals surface area contributed by atoms with Crippen LogP contribution in [0.5, 0.6) is 0 Å². The molecule has 0 amide bonds. The van der Waals surface area contributed by atoms with E-state index in [0.717, 1.165) is 49.8 Å². The van der Waals surface area contributed by atoms with Crippen molar-refractivity contribution < 1.29 is 4.42 Å². The first-order valence-electron chi connectivity index (χ1n) is 15.8. The van der Waals surface area contributed by atoms with Gasteiger partial charge in [0.2, 0.25) is 5.89 Å². The Bertz CT molecular complexity index is 2740. The zero-order valence-electron chi connectivity index (χ0n) is 25.5. The van der Waals surface area contributed by atoms with Crippen molar-refractivity contribution in [3.05, 3.63) is 152 Å². The van der Waals surface area contributed by atoms with Gasteiger partial charge in [-0.15, -0.1) is 22.7 Å². The van der Waals surface area contributed by atoms with Gasteiger partial charge in [0.25, 0.3) is 0 Å². The van der Waals surface area contributed by atoms with Crippen molar-refractivity contribution in [1.29, 1.82) is 0 Å². The van der Waals surface area contributed by atoms with Crippen LogP contribution in [0.3, 0.4) is 0 Å². The van der Waals surface area contributed by atoms with Gasteiger partial charge in [0.05, 0.1) is 10.2 Å². The fourth-order valence-electron chi connectivity index (χ4n) is 6.64. The molecule has 0 N–H and O–H groups in total. The van der Waals surface area contributed by atoms with Gasteiger partial charge in [-0.1, -0.05) is 72.8 Å². The number of para-hydroxylation sites is 3. The predicted molar refractivity (Wildman–Crippen MR) is 203 cm³/mol. The molecule has 0 saturated carbocycles. The molecule has 0 spiro atoms. The summed E-state index contributed by atoms with van der Waals surface area (Å²) in [4.78, 5) is 12.0. The smallest absolute Gasteiger partial charge is 0.227 e. The molecule has 226 valence electrons. The number of oxazole rings is 1. The summed E-state index contributed by atoms with van der Waals surface area (Å²) in [5, 5.41) is 6.18. The Labute approximate surface area is 283 Å². The fourth-order valence-corrected chi connectivity index (χ4v) is 8.76. The number of hydrogen-bond acceptors (Lipinski definition) is 6. The summed E-state index contributed by atoms with van der Waals surface area (Å²) in [5.41, 5.74) is 7.89. The van der Waals surface area contributed by atoms with Crippen LogP contribution in [-0.2, 0) is 0 Å². The summed E-state index contributed by atoms with van der Waals surface area (Å²) < 4.78 is 9.84. The maximum atomic E-state index is 6.09. The Morgan fingerprint density at radius 1 is 0.479 bits per heavy atom. The van der Waals surface area contributed by atoms with Crippen molar-refractivity contribution in [3.63, 3.8) is 0 Å². The Kier molecular flexibility index (Phi) is 6.19. The molecule has 0 aliphatic rings. The predicted octanol–water partition coefficient (Wildman–Crippen LogP) is 12.8. The summed E-state index contributed by atoms with van der Waals surface area (Å²) in [6.45, 7) is 0. The van der Waals surface area contributed by atoms with E-state index in [9.17, 15) is 0 Å². The van der Waals surface area contributed by atoms with Crippen LogP contribution in [-0.4, -0.2) is 9.97 Å². The van der Waals surface area contributed by atoms with Gasteiger partial charge in [-0.3, -0.25) is 0 Å². The van der Waals surface area contributed by atoms with E-state index in [0.29, 0.717) is 5.89 Å². The lowest BCUT2D eigenvalue weighted by Crippen LogP contribution is -2.09. The van der Waals surface area contributed by atoms with Gasteiger partial charge >= 0.3 is 0 Å². The van der Waals surface area contributed by atoms with E-state index < -0.39 is 0 Å². The second kappa shape index (κ2) is 10.9. The minimum atomic E-state index is 0.617. The lowest BCUT2D eigenvalue weighted by atomic mass is 10.0. The van der Waals surface area contributed by atoms with E-state index in [1.807, 2.05) is 41.7 Å². The Morgan fingerprint density at radius 2 is 1.27 bits per heavy atom. The fraction of sp³-hybridized carbons (Fsp3) is 0. The highest BCUT2D eigenvalue weighted by molar-refractivity contribution is 7.26. The molecule has 0 aliphatic carbocycles. The molecule has 3 aromatic heterocycles. The van der Waals surface area contributed by atoms with E-state index in [1.165, 1.54) is 35.6 Å². The quantitative estimate of drug-likeness (QED) is 0.186. The van der Waals surface area contributed by atoms with Crippen LogP contribution in [0, 0.1) is 0 Å². The number of benzene rings is 7. The first kappa shape index (κ1) is 27.3. The molecule has 0 saturated heterocycles. The van der Waals surface area contributed by atoms with Gasteiger partial charge < -0.3 is 9.32 Å². The lowest BCUT2D eigenvalue weighted by Gasteiger charge is -2.26. The highest BCUT2D eigenvalue weighted by Crippen LogP contribution is 2.44.